The number of rotatable bonds is 7. The Morgan fingerprint density at radius 2 is 1.70 bits per heavy atom. The Morgan fingerprint density at radius 1 is 1.11 bits per heavy atom. The molecule has 1 unspecified atom stereocenters. The van der Waals surface area contributed by atoms with Gasteiger partial charge < -0.3 is 19.7 Å². The van der Waals surface area contributed by atoms with Crippen molar-refractivity contribution >= 4 is 17.5 Å². The first-order valence-corrected chi connectivity index (χ1v) is 8.28. The first-order valence-electron chi connectivity index (χ1n) is 8.28. The Labute approximate surface area is 158 Å². The van der Waals surface area contributed by atoms with Crippen molar-refractivity contribution in [3.05, 3.63) is 54.1 Å². The van der Waals surface area contributed by atoms with Gasteiger partial charge in [-0.15, -0.1) is 0 Å². The SMILES string of the molecule is COc1ccc(NC(=O)CN(C)C(=O)C(C)Oc2ccc(C#N)cc2)cc1. The quantitative estimate of drug-likeness (QED) is 0.811. The molecule has 0 saturated carbocycles. The molecular formula is C20H21N3O4. The molecule has 1 atom stereocenters. The Kier molecular flexibility index (Phi) is 6.78. The zero-order chi connectivity index (χ0) is 19.8. The monoisotopic (exact) mass is 367 g/mol. The molecule has 7 heteroatoms. The molecule has 0 fully saturated rings. The van der Waals surface area contributed by atoms with Gasteiger partial charge in [-0.1, -0.05) is 0 Å². The van der Waals surface area contributed by atoms with Gasteiger partial charge in [-0.2, -0.15) is 5.26 Å². The van der Waals surface area contributed by atoms with E-state index in [-0.39, 0.29) is 18.4 Å². The van der Waals surface area contributed by atoms with Gasteiger partial charge in [-0.05, 0) is 55.5 Å². The summed E-state index contributed by atoms with van der Waals surface area (Å²) < 4.78 is 10.6. The van der Waals surface area contributed by atoms with Crippen LogP contribution in [0.15, 0.2) is 48.5 Å². The van der Waals surface area contributed by atoms with Crippen molar-refractivity contribution in [2.45, 2.75) is 13.0 Å². The minimum Gasteiger partial charge on any atom is -0.497 e. The second-order valence-electron chi connectivity index (χ2n) is 5.87. The number of anilines is 1. The van der Waals surface area contributed by atoms with Crippen molar-refractivity contribution < 1.29 is 19.1 Å². The van der Waals surface area contributed by atoms with Crippen LogP contribution in [0.2, 0.25) is 0 Å². The van der Waals surface area contributed by atoms with Crippen molar-refractivity contribution in [1.82, 2.24) is 4.90 Å². The number of carbonyl (C=O) groups is 2. The number of likely N-dealkylation sites (N-methyl/N-ethyl adjacent to an activating group) is 1. The molecule has 7 nitrogen and oxygen atoms in total. The summed E-state index contributed by atoms with van der Waals surface area (Å²) in [5, 5.41) is 11.5. The van der Waals surface area contributed by atoms with Gasteiger partial charge in [0.15, 0.2) is 6.10 Å². The number of carbonyl (C=O) groups excluding carboxylic acids is 2. The lowest BCUT2D eigenvalue weighted by atomic mass is 10.2. The van der Waals surface area contributed by atoms with Gasteiger partial charge in [0.05, 0.1) is 25.3 Å². The number of nitrogens with one attached hydrogen (secondary N) is 1. The van der Waals surface area contributed by atoms with Crippen LogP contribution in [0.3, 0.4) is 0 Å². The Balaban J connectivity index is 1.87. The number of hydrogen-bond donors (Lipinski definition) is 1. The van der Waals surface area contributed by atoms with E-state index in [1.807, 2.05) is 6.07 Å². The molecular weight excluding hydrogens is 346 g/mol. The van der Waals surface area contributed by atoms with Crippen molar-refractivity contribution in [3.8, 4) is 17.6 Å². The normalized spacial score (nSPS) is 11.0. The summed E-state index contributed by atoms with van der Waals surface area (Å²) in [6, 6.07) is 15.4. The molecule has 2 aromatic rings. The summed E-state index contributed by atoms with van der Waals surface area (Å²) in [5.74, 6) is 0.519. The maximum absolute atomic E-state index is 12.4. The van der Waals surface area contributed by atoms with Crippen LogP contribution in [0, 0.1) is 11.3 Å². The Hall–Kier alpha value is -3.53. The van der Waals surface area contributed by atoms with Gasteiger partial charge >= 0.3 is 0 Å². The van der Waals surface area contributed by atoms with Gasteiger partial charge in [0.1, 0.15) is 11.5 Å². The van der Waals surface area contributed by atoms with E-state index in [2.05, 4.69) is 5.32 Å². The van der Waals surface area contributed by atoms with Gasteiger partial charge in [-0.25, -0.2) is 0 Å². The third-order valence-electron chi connectivity index (χ3n) is 3.77. The third-order valence-corrected chi connectivity index (χ3v) is 3.77. The molecule has 2 amide bonds. The fourth-order valence-electron chi connectivity index (χ4n) is 2.34. The molecule has 0 heterocycles. The fourth-order valence-corrected chi connectivity index (χ4v) is 2.34. The number of amides is 2. The summed E-state index contributed by atoms with van der Waals surface area (Å²) in [6.45, 7) is 1.50. The van der Waals surface area contributed by atoms with Gasteiger partial charge in [-0.3, -0.25) is 9.59 Å². The molecule has 0 bridgehead atoms. The highest BCUT2D eigenvalue weighted by Crippen LogP contribution is 2.16. The van der Waals surface area contributed by atoms with E-state index >= 15 is 0 Å². The molecule has 2 aromatic carbocycles. The maximum atomic E-state index is 12.4. The highest BCUT2D eigenvalue weighted by molar-refractivity contribution is 5.95. The van der Waals surface area contributed by atoms with Crippen LogP contribution in [-0.2, 0) is 9.59 Å². The van der Waals surface area contributed by atoms with E-state index in [4.69, 9.17) is 14.7 Å². The number of hydrogen-bond acceptors (Lipinski definition) is 5. The number of methoxy groups -OCH3 is 1. The van der Waals surface area contributed by atoms with E-state index in [1.54, 1.807) is 62.6 Å². The van der Waals surface area contributed by atoms with Crippen LogP contribution in [0.1, 0.15) is 12.5 Å². The minimum absolute atomic E-state index is 0.105. The topological polar surface area (TPSA) is 91.7 Å². The molecule has 0 saturated heterocycles. The van der Waals surface area contributed by atoms with Crippen molar-refractivity contribution in [2.24, 2.45) is 0 Å². The molecule has 0 spiro atoms. The summed E-state index contributed by atoms with van der Waals surface area (Å²) in [7, 11) is 3.10. The molecule has 0 radical (unpaired) electrons. The van der Waals surface area contributed by atoms with E-state index in [1.165, 1.54) is 11.9 Å². The smallest absolute Gasteiger partial charge is 0.263 e. The molecule has 140 valence electrons. The number of benzene rings is 2. The summed E-state index contributed by atoms with van der Waals surface area (Å²) in [5.41, 5.74) is 1.12. The highest BCUT2D eigenvalue weighted by atomic mass is 16.5. The zero-order valence-electron chi connectivity index (χ0n) is 15.4. The largest absolute Gasteiger partial charge is 0.497 e. The van der Waals surface area contributed by atoms with Crippen LogP contribution in [0.25, 0.3) is 0 Å². The summed E-state index contributed by atoms with van der Waals surface area (Å²) in [6.07, 6.45) is -0.767. The summed E-state index contributed by atoms with van der Waals surface area (Å²) in [4.78, 5) is 25.8. The van der Waals surface area contributed by atoms with Crippen molar-refractivity contribution in [3.63, 3.8) is 0 Å². The zero-order valence-corrected chi connectivity index (χ0v) is 15.4. The maximum Gasteiger partial charge on any atom is 0.263 e. The standard InChI is InChI=1S/C20H21N3O4/c1-14(27-18-8-4-15(12-21)5-9-18)20(25)23(2)13-19(24)22-16-6-10-17(26-3)11-7-16/h4-11,14H,13H2,1-3H3,(H,22,24). The van der Waals surface area contributed by atoms with E-state index in [9.17, 15) is 9.59 Å². The van der Waals surface area contributed by atoms with Crippen LogP contribution in [0.4, 0.5) is 5.69 Å². The van der Waals surface area contributed by atoms with Crippen LogP contribution in [0.5, 0.6) is 11.5 Å². The van der Waals surface area contributed by atoms with E-state index in [0.29, 0.717) is 22.7 Å². The second-order valence-corrected chi connectivity index (χ2v) is 5.87. The van der Waals surface area contributed by atoms with Crippen LogP contribution < -0.4 is 14.8 Å². The summed E-state index contributed by atoms with van der Waals surface area (Å²) >= 11 is 0. The molecule has 0 aliphatic rings. The molecule has 1 N–H and O–H groups in total. The van der Waals surface area contributed by atoms with Crippen molar-refractivity contribution in [2.75, 3.05) is 26.0 Å². The lowest BCUT2D eigenvalue weighted by Gasteiger charge is -2.21. The Bertz CT molecular complexity index is 826. The number of ether oxygens (including phenoxy) is 2. The number of nitrogens with zero attached hydrogens (tertiary/aromatic N) is 2. The minimum atomic E-state index is -0.767. The van der Waals surface area contributed by atoms with Crippen LogP contribution in [-0.4, -0.2) is 43.5 Å². The molecule has 27 heavy (non-hydrogen) atoms. The third kappa shape index (κ3) is 5.75. The predicted molar refractivity (Wildman–Crippen MR) is 101 cm³/mol. The van der Waals surface area contributed by atoms with Crippen LogP contribution >= 0.6 is 0 Å². The highest BCUT2D eigenvalue weighted by Gasteiger charge is 2.21. The predicted octanol–water partition coefficient (Wildman–Crippen LogP) is 2.43. The lowest BCUT2D eigenvalue weighted by Crippen LogP contribution is -2.41. The molecule has 0 aliphatic heterocycles. The Morgan fingerprint density at radius 3 is 2.26 bits per heavy atom. The van der Waals surface area contributed by atoms with Crippen molar-refractivity contribution in [1.29, 1.82) is 5.26 Å². The van der Waals surface area contributed by atoms with Gasteiger partial charge in [0, 0.05) is 12.7 Å². The molecule has 2 rings (SSSR count). The lowest BCUT2D eigenvalue weighted by molar-refractivity contribution is -0.139. The first kappa shape index (κ1) is 19.8. The van der Waals surface area contributed by atoms with E-state index in [0.717, 1.165) is 0 Å². The fraction of sp³-hybridized carbons (Fsp3) is 0.250. The average molecular weight is 367 g/mol. The second kappa shape index (κ2) is 9.25. The number of nitriles is 1. The molecule has 0 aromatic heterocycles. The van der Waals surface area contributed by atoms with E-state index < -0.39 is 6.10 Å². The van der Waals surface area contributed by atoms with Gasteiger partial charge in [0.2, 0.25) is 5.91 Å². The molecule has 0 aliphatic carbocycles. The average Bonchev–Trinajstić information content (AvgIpc) is 2.68. The first-order chi connectivity index (χ1) is 12.9. The van der Waals surface area contributed by atoms with Gasteiger partial charge in [0.25, 0.3) is 5.91 Å².